The van der Waals surface area contributed by atoms with Crippen molar-refractivity contribution in [2.45, 2.75) is 12.3 Å². The lowest BCUT2D eigenvalue weighted by Crippen LogP contribution is -2.36. The zero-order chi connectivity index (χ0) is 17.4. The molecule has 132 valence electrons. The number of carbonyl (C=O) groups is 1. The number of rotatable bonds is 2. The molecule has 0 saturated carbocycles. The lowest BCUT2D eigenvalue weighted by Gasteiger charge is -2.27. The quantitative estimate of drug-likeness (QED) is 0.896. The highest BCUT2D eigenvalue weighted by molar-refractivity contribution is 6.30. The van der Waals surface area contributed by atoms with Gasteiger partial charge in [0, 0.05) is 43.3 Å². The number of halogens is 1. The molecule has 2 aliphatic rings. The predicted octanol–water partition coefficient (Wildman–Crippen LogP) is 3.11. The van der Waals surface area contributed by atoms with E-state index in [2.05, 4.69) is 22.0 Å². The van der Waals surface area contributed by atoms with Gasteiger partial charge in [0.05, 0.1) is 18.8 Å². The number of fused-ring (bicyclic) bond motifs is 1. The van der Waals surface area contributed by atoms with Crippen molar-refractivity contribution in [2.75, 3.05) is 44.8 Å². The van der Waals surface area contributed by atoms with Crippen LogP contribution in [-0.2, 0) is 4.74 Å². The second-order valence-electron chi connectivity index (χ2n) is 6.70. The molecule has 5 nitrogen and oxygen atoms in total. The molecule has 0 aliphatic carbocycles. The highest BCUT2D eigenvalue weighted by Gasteiger charge is 2.30. The Balaban J connectivity index is 1.75. The minimum atomic E-state index is 0.0854. The third kappa shape index (κ3) is 3.14. The molecule has 1 fully saturated rings. The smallest absolute Gasteiger partial charge is 0.255 e. The van der Waals surface area contributed by atoms with Crippen LogP contribution in [0.5, 0.6) is 0 Å². The number of carbonyl (C=O) groups excluding carboxylic acids is 1. The first-order chi connectivity index (χ1) is 12.1. The third-order valence-electron chi connectivity index (χ3n) is 5.14. The molecule has 6 heteroatoms. The van der Waals surface area contributed by atoms with Crippen molar-refractivity contribution in [3.05, 3.63) is 52.2 Å². The molecular weight excluding hydrogens is 338 g/mol. The summed E-state index contributed by atoms with van der Waals surface area (Å²) in [6, 6.07) is 9.95. The molecular formula is C19H22ClN3O2. The summed E-state index contributed by atoms with van der Waals surface area (Å²) in [7, 11) is 1.87. The van der Waals surface area contributed by atoms with Crippen molar-refractivity contribution in [1.29, 1.82) is 0 Å². The maximum atomic E-state index is 12.8. The van der Waals surface area contributed by atoms with Gasteiger partial charge in [-0.2, -0.15) is 0 Å². The van der Waals surface area contributed by atoms with Gasteiger partial charge >= 0.3 is 0 Å². The summed E-state index contributed by atoms with van der Waals surface area (Å²) in [5, 5.41) is 0.728. The first kappa shape index (κ1) is 16.5. The van der Waals surface area contributed by atoms with E-state index in [1.165, 1.54) is 5.56 Å². The number of hydrogen-bond acceptors (Lipinski definition) is 3. The van der Waals surface area contributed by atoms with Crippen LogP contribution in [0.25, 0.3) is 0 Å². The van der Waals surface area contributed by atoms with Gasteiger partial charge in [-0.15, -0.1) is 0 Å². The fraction of sp³-hybridized carbons (Fsp3) is 0.421. The van der Waals surface area contributed by atoms with Crippen molar-refractivity contribution in [1.82, 2.24) is 9.88 Å². The minimum absolute atomic E-state index is 0.0854. The molecule has 1 aromatic heterocycles. The van der Waals surface area contributed by atoms with Crippen molar-refractivity contribution < 1.29 is 9.53 Å². The Bertz CT molecular complexity index is 765. The fourth-order valence-electron chi connectivity index (χ4n) is 3.68. The van der Waals surface area contributed by atoms with Crippen LogP contribution < -0.4 is 4.90 Å². The molecule has 4 rings (SSSR count). The molecule has 1 atom stereocenters. The molecule has 0 radical (unpaired) electrons. The number of ether oxygens (including phenoxy) is 1. The van der Waals surface area contributed by atoms with E-state index in [4.69, 9.17) is 16.3 Å². The number of anilines is 1. The van der Waals surface area contributed by atoms with Gasteiger partial charge in [-0.25, -0.2) is 0 Å². The summed E-state index contributed by atoms with van der Waals surface area (Å²) in [5.41, 5.74) is 2.98. The molecule has 1 aromatic carbocycles. The number of aromatic amines is 1. The summed E-state index contributed by atoms with van der Waals surface area (Å²) in [5.74, 6) is 1.26. The van der Waals surface area contributed by atoms with Crippen LogP contribution in [0.4, 0.5) is 5.82 Å². The minimum Gasteiger partial charge on any atom is -0.378 e. The van der Waals surface area contributed by atoms with Gasteiger partial charge in [-0.3, -0.25) is 4.79 Å². The number of morpholine rings is 1. The van der Waals surface area contributed by atoms with Crippen LogP contribution in [0.15, 0.2) is 30.3 Å². The Hall–Kier alpha value is -1.98. The van der Waals surface area contributed by atoms with Gasteiger partial charge in [0.25, 0.3) is 5.91 Å². The molecule has 0 spiro atoms. The molecule has 1 saturated heterocycles. The van der Waals surface area contributed by atoms with E-state index in [0.29, 0.717) is 0 Å². The number of nitrogens with one attached hydrogen (secondary N) is 1. The number of nitrogens with zero attached hydrogens (tertiary/aromatic N) is 2. The van der Waals surface area contributed by atoms with E-state index in [0.717, 1.165) is 61.4 Å². The summed E-state index contributed by atoms with van der Waals surface area (Å²) >= 11 is 6.05. The predicted molar refractivity (Wildman–Crippen MR) is 98.7 cm³/mol. The highest BCUT2D eigenvalue weighted by atomic mass is 35.5. The van der Waals surface area contributed by atoms with Crippen LogP contribution in [0, 0.1) is 0 Å². The standard InChI is InChI=1S/C19H22ClN3O2/c1-22-7-6-15(13-2-4-14(20)5-3-13)18-16(19(22)24)12-17(21-18)23-8-10-25-11-9-23/h2-5,12,15,21H,6-11H2,1H3. The monoisotopic (exact) mass is 359 g/mol. The third-order valence-corrected chi connectivity index (χ3v) is 5.39. The van der Waals surface area contributed by atoms with Crippen LogP contribution in [0.3, 0.4) is 0 Å². The van der Waals surface area contributed by atoms with E-state index in [9.17, 15) is 4.79 Å². The molecule has 3 heterocycles. The summed E-state index contributed by atoms with van der Waals surface area (Å²) < 4.78 is 5.44. The van der Waals surface area contributed by atoms with Crippen LogP contribution in [-0.4, -0.2) is 55.7 Å². The van der Waals surface area contributed by atoms with E-state index >= 15 is 0 Å². The Morgan fingerprint density at radius 3 is 2.60 bits per heavy atom. The van der Waals surface area contributed by atoms with Gasteiger partial charge in [0.1, 0.15) is 5.82 Å². The fourth-order valence-corrected chi connectivity index (χ4v) is 3.81. The van der Waals surface area contributed by atoms with Gasteiger partial charge in [0.15, 0.2) is 0 Å². The molecule has 2 aromatic rings. The number of hydrogen-bond donors (Lipinski definition) is 1. The lowest BCUT2D eigenvalue weighted by atomic mass is 9.91. The second-order valence-corrected chi connectivity index (χ2v) is 7.14. The van der Waals surface area contributed by atoms with Gasteiger partial charge in [-0.1, -0.05) is 23.7 Å². The normalized spacial score (nSPS) is 21.2. The molecule has 25 heavy (non-hydrogen) atoms. The van der Waals surface area contributed by atoms with Crippen LogP contribution >= 0.6 is 11.6 Å². The van der Waals surface area contributed by atoms with Gasteiger partial charge in [-0.05, 0) is 30.2 Å². The SMILES string of the molecule is CN1CCC(c2ccc(Cl)cc2)c2[nH]c(N3CCOCC3)cc2C1=O. The van der Waals surface area contributed by atoms with Crippen molar-refractivity contribution >= 4 is 23.3 Å². The number of benzene rings is 1. The molecule has 1 amide bonds. The Kier molecular flexibility index (Phi) is 4.44. The first-order valence-electron chi connectivity index (χ1n) is 8.70. The van der Waals surface area contributed by atoms with E-state index in [-0.39, 0.29) is 11.8 Å². The average Bonchev–Trinajstić information content (AvgIpc) is 3.04. The van der Waals surface area contributed by atoms with Crippen molar-refractivity contribution in [2.24, 2.45) is 0 Å². The first-order valence-corrected chi connectivity index (χ1v) is 9.08. The summed E-state index contributed by atoms with van der Waals surface area (Å²) in [6.45, 7) is 3.86. The second kappa shape index (κ2) is 6.73. The van der Waals surface area contributed by atoms with E-state index in [1.807, 2.05) is 30.1 Å². The van der Waals surface area contributed by atoms with E-state index < -0.39 is 0 Å². The molecule has 0 bridgehead atoms. The Labute approximate surface area is 152 Å². The lowest BCUT2D eigenvalue weighted by molar-refractivity contribution is 0.0800. The van der Waals surface area contributed by atoms with Crippen molar-refractivity contribution in [3.8, 4) is 0 Å². The topological polar surface area (TPSA) is 48.6 Å². The van der Waals surface area contributed by atoms with Crippen LogP contribution in [0.2, 0.25) is 5.02 Å². The number of amides is 1. The Morgan fingerprint density at radius 1 is 1.16 bits per heavy atom. The zero-order valence-corrected chi connectivity index (χ0v) is 15.1. The summed E-state index contributed by atoms with van der Waals surface area (Å²) in [6.07, 6.45) is 0.889. The molecule has 1 N–H and O–H groups in total. The Morgan fingerprint density at radius 2 is 1.88 bits per heavy atom. The van der Waals surface area contributed by atoms with Gasteiger partial charge in [0.2, 0.25) is 0 Å². The number of aromatic nitrogens is 1. The largest absolute Gasteiger partial charge is 0.378 e. The average molecular weight is 360 g/mol. The zero-order valence-electron chi connectivity index (χ0n) is 14.3. The summed E-state index contributed by atoms with van der Waals surface area (Å²) in [4.78, 5) is 20.4. The highest BCUT2D eigenvalue weighted by Crippen LogP contribution is 2.36. The number of H-pyrrole nitrogens is 1. The van der Waals surface area contributed by atoms with Crippen molar-refractivity contribution in [3.63, 3.8) is 0 Å². The maximum Gasteiger partial charge on any atom is 0.255 e. The molecule has 2 aliphatic heterocycles. The molecule has 1 unspecified atom stereocenters. The van der Waals surface area contributed by atoms with Crippen LogP contribution in [0.1, 0.15) is 34.0 Å². The maximum absolute atomic E-state index is 12.8. The van der Waals surface area contributed by atoms with Gasteiger partial charge < -0.3 is 19.5 Å². The van der Waals surface area contributed by atoms with E-state index in [1.54, 1.807) is 0 Å².